The van der Waals surface area contributed by atoms with Crippen LogP contribution in [-0.4, -0.2) is 12.8 Å². The Labute approximate surface area is 151 Å². The van der Waals surface area contributed by atoms with Gasteiger partial charge in [0.1, 0.15) is 7.85 Å². The van der Waals surface area contributed by atoms with E-state index >= 15 is 0 Å². The van der Waals surface area contributed by atoms with Gasteiger partial charge in [-0.05, 0) is 33.0 Å². The Morgan fingerprint density at radius 1 is 0.538 bits per heavy atom. The maximum atomic E-state index is 3.72. The second-order valence-corrected chi connectivity index (χ2v) is 7.13. The number of para-hydroxylation sites is 1. The third kappa shape index (κ3) is 1.66. The summed E-state index contributed by atoms with van der Waals surface area (Å²) in [7, 11) is 2.21. The van der Waals surface area contributed by atoms with Crippen molar-refractivity contribution in [2.75, 3.05) is 0 Å². The van der Waals surface area contributed by atoms with Crippen molar-refractivity contribution < 1.29 is 0 Å². The van der Waals surface area contributed by atoms with Crippen molar-refractivity contribution in [2.45, 2.75) is 0 Å². The number of aromatic amines is 1. The standard InChI is InChI=1S/C24H16BN/c25-20-13-19-14-7-1-3-9-16(14)22-18-11-5-6-12-21(18)26-24(22)23(19)17-10-4-2-8-15(17)20/h1-13,26H,25H2. The minimum atomic E-state index is 1.20. The molecule has 0 atom stereocenters. The van der Waals surface area contributed by atoms with Gasteiger partial charge in [-0.15, -0.1) is 0 Å². The average molecular weight is 329 g/mol. The van der Waals surface area contributed by atoms with Crippen molar-refractivity contribution in [3.05, 3.63) is 78.9 Å². The molecule has 0 radical (unpaired) electrons. The highest BCUT2D eigenvalue weighted by Gasteiger charge is 2.15. The summed E-state index contributed by atoms with van der Waals surface area (Å²) in [5.74, 6) is 0. The van der Waals surface area contributed by atoms with Crippen molar-refractivity contribution in [3.8, 4) is 0 Å². The molecule has 0 amide bonds. The van der Waals surface area contributed by atoms with E-state index < -0.39 is 0 Å². The highest BCUT2D eigenvalue weighted by molar-refractivity contribution is 6.44. The summed E-state index contributed by atoms with van der Waals surface area (Å²) in [5, 5.41) is 10.6. The number of H-pyrrole nitrogens is 1. The summed E-state index contributed by atoms with van der Waals surface area (Å²) in [6.07, 6.45) is 0. The molecule has 26 heavy (non-hydrogen) atoms. The monoisotopic (exact) mass is 329 g/mol. The van der Waals surface area contributed by atoms with E-state index in [9.17, 15) is 0 Å². The highest BCUT2D eigenvalue weighted by atomic mass is 14.7. The van der Waals surface area contributed by atoms with Gasteiger partial charge >= 0.3 is 0 Å². The van der Waals surface area contributed by atoms with E-state index in [-0.39, 0.29) is 0 Å². The molecule has 5 aromatic carbocycles. The summed E-state index contributed by atoms with van der Waals surface area (Å²) >= 11 is 0. The number of hydrogen-bond acceptors (Lipinski definition) is 0. The van der Waals surface area contributed by atoms with Gasteiger partial charge in [0.2, 0.25) is 0 Å². The van der Waals surface area contributed by atoms with Crippen molar-refractivity contribution in [2.24, 2.45) is 0 Å². The van der Waals surface area contributed by atoms with E-state index in [4.69, 9.17) is 0 Å². The molecular weight excluding hydrogens is 313 g/mol. The minimum Gasteiger partial charge on any atom is -0.354 e. The Balaban J connectivity index is 2.08. The van der Waals surface area contributed by atoms with Gasteiger partial charge in [0.05, 0.1) is 5.52 Å². The number of rotatable bonds is 0. The largest absolute Gasteiger partial charge is 0.354 e. The molecule has 2 heteroatoms. The van der Waals surface area contributed by atoms with Crippen LogP contribution in [0.1, 0.15) is 0 Å². The van der Waals surface area contributed by atoms with Gasteiger partial charge in [-0.2, -0.15) is 0 Å². The maximum absolute atomic E-state index is 3.72. The molecule has 6 aromatic rings. The molecule has 0 saturated heterocycles. The first kappa shape index (κ1) is 14.0. The Morgan fingerprint density at radius 3 is 1.85 bits per heavy atom. The van der Waals surface area contributed by atoms with Crippen LogP contribution < -0.4 is 5.46 Å². The molecule has 0 fully saturated rings. The molecule has 1 N–H and O–H groups in total. The van der Waals surface area contributed by atoms with Crippen LogP contribution >= 0.6 is 0 Å². The van der Waals surface area contributed by atoms with E-state index in [1.165, 1.54) is 59.6 Å². The third-order valence-electron chi connectivity index (χ3n) is 5.69. The number of nitrogens with one attached hydrogen (secondary N) is 1. The zero-order chi connectivity index (χ0) is 17.3. The normalized spacial score (nSPS) is 12.0. The second kappa shape index (κ2) is 4.89. The lowest BCUT2D eigenvalue weighted by molar-refractivity contribution is 1.57. The Bertz CT molecular complexity index is 1490. The zero-order valence-corrected chi connectivity index (χ0v) is 14.5. The summed E-state index contributed by atoms with van der Waals surface area (Å²) in [5.41, 5.74) is 3.77. The molecule has 0 saturated carbocycles. The van der Waals surface area contributed by atoms with Crippen molar-refractivity contribution in [3.63, 3.8) is 0 Å². The lowest BCUT2D eigenvalue weighted by atomic mass is 9.84. The summed E-state index contributed by atoms with van der Waals surface area (Å²) in [4.78, 5) is 3.72. The van der Waals surface area contributed by atoms with Crippen molar-refractivity contribution in [1.29, 1.82) is 0 Å². The minimum absolute atomic E-state index is 1.20. The molecular formula is C24H16BN. The third-order valence-corrected chi connectivity index (χ3v) is 5.69. The molecule has 0 unspecified atom stereocenters. The fourth-order valence-corrected chi connectivity index (χ4v) is 4.58. The smallest absolute Gasteiger partial charge is 0.140 e. The number of aromatic nitrogens is 1. The van der Waals surface area contributed by atoms with Crippen molar-refractivity contribution >= 4 is 67.4 Å². The van der Waals surface area contributed by atoms with Crippen LogP contribution in [0.4, 0.5) is 0 Å². The van der Waals surface area contributed by atoms with Gasteiger partial charge in [-0.1, -0.05) is 78.3 Å². The predicted molar refractivity (Wildman–Crippen MR) is 117 cm³/mol. The SMILES string of the molecule is Bc1cc2c3ccccc3c3c4ccccc4[nH]c3c2c2ccccc12. The molecule has 1 heterocycles. The first-order valence-corrected chi connectivity index (χ1v) is 9.06. The fraction of sp³-hybridized carbons (Fsp3) is 0. The van der Waals surface area contributed by atoms with Crippen LogP contribution in [0.15, 0.2) is 78.9 Å². The van der Waals surface area contributed by atoms with Gasteiger partial charge in [0.15, 0.2) is 0 Å². The first-order valence-electron chi connectivity index (χ1n) is 9.06. The van der Waals surface area contributed by atoms with E-state index in [0.717, 1.165) is 0 Å². The topological polar surface area (TPSA) is 15.8 Å². The van der Waals surface area contributed by atoms with Crippen LogP contribution in [0.25, 0.3) is 54.1 Å². The number of fused-ring (bicyclic) bond motifs is 10. The van der Waals surface area contributed by atoms with Crippen molar-refractivity contribution in [1.82, 2.24) is 4.98 Å². The number of hydrogen-bond donors (Lipinski definition) is 1. The van der Waals surface area contributed by atoms with Gasteiger partial charge < -0.3 is 4.98 Å². The average Bonchev–Trinajstić information content (AvgIpc) is 3.08. The maximum Gasteiger partial charge on any atom is 0.140 e. The summed E-state index contributed by atoms with van der Waals surface area (Å²) in [6, 6.07) is 28.5. The summed E-state index contributed by atoms with van der Waals surface area (Å²) in [6.45, 7) is 0. The molecule has 0 aliphatic heterocycles. The van der Waals surface area contributed by atoms with Gasteiger partial charge in [-0.25, -0.2) is 0 Å². The molecule has 0 spiro atoms. The first-order chi connectivity index (χ1) is 12.8. The van der Waals surface area contributed by atoms with Gasteiger partial charge in [0.25, 0.3) is 0 Å². The molecule has 0 aliphatic rings. The number of benzene rings is 5. The lowest BCUT2D eigenvalue weighted by Crippen LogP contribution is -2.04. The quantitative estimate of drug-likeness (QED) is 0.297. The molecule has 6 rings (SSSR count). The predicted octanol–water partition coefficient (Wildman–Crippen LogP) is 5.04. The Kier molecular flexibility index (Phi) is 2.63. The van der Waals surface area contributed by atoms with Crippen LogP contribution in [0, 0.1) is 0 Å². The van der Waals surface area contributed by atoms with E-state index in [1.807, 2.05) is 0 Å². The van der Waals surface area contributed by atoms with Crippen LogP contribution in [-0.2, 0) is 0 Å². The molecule has 0 aliphatic carbocycles. The molecule has 1 aromatic heterocycles. The van der Waals surface area contributed by atoms with Crippen LogP contribution in [0.5, 0.6) is 0 Å². The van der Waals surface area contributed by atoms with Gasteiger partial charge in [-0.3, -0.25) is 0 Å². The lowest BCUT2D eigenvalue weighted by Gasteiger charge is -2.12. The van der Waals surface area contributed by atoms with Crippen LogP contribution in [0.2, 0.25) is 0 Å². The Morgan fingerprint density at radius 2 is 1.08 bits per heavy atom. The Hall–Kier alpha value is -3.26. The molecule has 1 nitrogen and oxygen atoms in total. The van der Waals surface area contributed by atoms with Crippen LogP contribution in [0.3, 0.4) is 0 Å². The molecule has 0 bridgehead atoms. The second-order valence-electron chi connectivity index (χ2n) is 7.13. The highest BCUT2D eigenvalue weighted by Crippen LogP contribution is 2.40. The van der Waals surface area contributed by atoms with E-state index in [2.05, 4.69) is 91.7 Å². The zero-order valence-electron chi connectivity index (χ0n) is 14.5. The fourth-order valence-electron chi connectivity index (χ4n) is 4.58. The molecule has 120 valence electrons. The van der Waals surface area contributed by atoms with E-state index in [1.54, 1.807) is 0 Å². The van der Waals surface area contributed by atoms with E-state index in [0.29, 0.717) is 0 Å². The van der Waals surface area contributed by atoms with Gasteiger partial charge in [0, 0.05) is 21.7 Å². The summed E-state index contributed by atoms with van der Waals surface area (Å²) < 4.78 is 0.